The second-order valence-electron chi connectivity index (χ2n) is 6.36. The zero-order valence-electron chi connectivity index (χ0n) is 16.2. The Hall–Kier alpha value is -2.42. The maximum Gasteiger partial charge on any atom is 0.328 e. The number of hydrogen-bond acceptors (Lipinski definition) is 7. The summed E-state index contributed by atoms with van der Waals surface area (Å²) in [6.45, 7) is 7.83. The highest BCUT2D eigenvalue weighted by molar-refractivity contribution is 7.99. The van der Waals surface area contributed by atoms with E-state index in [2.05, 4.69) is 20.8 Å². The van der Waals surface area contributed by atoms with E-state index >= 15 is 0 Å². The maximum absolute atomic E-state index is 12.4. The topological polar surface area (TPSA) is 99.0 Å². The first-order valence-electron chi connectivity index (χ1n) is 8.74. The van der Waals surface area contributed by atoms with Crippen LogP contribution in [0.1, 0.15) is 31.4 Å². The molecule has 8 nitrogen and oxygen atoms in total. The molecule has 2 aromatic rings. The standard InChI is InChI=1S/C18H25N5O3S/c1-6-11(2)15(17(25)26-5)19-14(24)10-27-18-20-21-22-23(18)16-12(3)8-7-9-13(16)4/h7-9,11,15H,6,10H2,1-5H3,(H,19,24)/t11-,15+/m0/s1. The molecule has 9 heteroatoms. The summed E-state index contributed by atoms with van der Waals surface area (Å²) in [6.07, 6.45) is 0.748. The second-order valence-corrected chi connectivity index (χ2v) is 7.30. The van der Waals surface area contributed by atoms with Gasteiger partial charge in [0.05, 0.1) is 18.6 Å². The van der Waals surface area contributed by atoms with Crippen molar-refractivity contribution in [2.45, 2.75) is 45.3 Å². The lowest BCUT2D eigenvalue weighted by atomic mass is 9.99. The normalized spacial score (nSPS) is 13.1. The van der Waals surface area contributed by atoms with Crippen molar-refractivity contribution < 1.29 is 14.3 Å². The van der Waals surface area contributed by atoms with E-state index < -0.39 is 12.0 Å². The van der Waals surface area contributed by atoms with Gasteiger partial charge in [-0.3, -0.25) is 4.79 Å². The van der Waals surface area contributed by atoms with Gasteiger partial charge in [0.1, 0.15) is 6.04 Å². The van der Waals surface area contributed by atoms with E-state index in [1.807, 2.05) is 45.9 Å². The first-order chi connectivity index (χ1) is 12.9. The highest BCUT2D eigenvalue weighted by Gasteiger charge is 2.27. The Morgan fingerprint density at radius 2 is 1.96 bits per heavy atom. The molecule has 27 heavy (non-hydrogen) atoms. The largest absolute Gasteiger partial charge is 0.467 e. The molecule has 0 spiro atoms. The van der Waals surface area contributed by atoms with E-state index in [-0.39, 0.29) is 17.6 Å². The molecule has 1 amide bonds. The molecule has 2 rings (SSSR count). The molecule has 0 aliphatic rings. The lowest BCUT2D eigenvalue weighted by molar-refractivity contribution is -0.146. The van der Waals surface area contributed by atoms with Crippen molar-refractivity contribution in [1.82, 2.24) is 25.5 Å². The quantitative estimate of drug-likeness (QED) is 0.543. The Balaban J connectivity index is 2.08. The number of nitrogens with zero attached hydrogens (tertiary/aromatic N) is 4. The molecule has 1 heterocycles. The summed E-state index contributed by atoms with van der Waals surface area (Å²) in [7, 11) is 1.32. The SMILES string of the molecule is CC[C@H](C)[C@@H](NC(=O)CSc1nnnn1-c1c(C)cccc1C)C(=O)OC. The van der Waals surface area contributed by atoms with Gasteiger partial charge in [0.25, 0.3) is 0 Å². The molecule has 0 unspecified atom stereocenters. The number of rotatable bonds is 8. The Labute approximate surface area is 163 Å². The van der Waals surface area contributed by atoms with E-state index in [4.69, 9.17) is 4.74 Å². The van der Waals surface area contributed by atoms with Gasteiger partial charge >= 0.3 is 5.97 Å². The van der Waals surface area contributed by atoms with E-state index in [0.717, 1.165) is 23.2 Å². The van der Waals surface area contributed by atoms with Gasteiger partial charge in [0.15, 0.2) is 0 Å². The lowest BCUT2D eigenvalue weighted by Gasteiger charge is -2.21. The van der Waals surface area contributed by atoms with Crippen LogP contribution >= 0.6 is 11.8 Å². The van der Waals surface area contributed by atoms with Crippen LogP contribution < -0.4 is 5.32 Å². The molecule has 2 atom stereocenters. The van der Waals surface area contributed by atoms with Crippen molar-refractivity contribution in [3.05, 3.63) is 29.3 Å². The number of hydrogen-bond donors (Lipinski definition) is 1. The number of nitrogens with one attached hydrogen (secondary N) is 1. The molecule has 0 aliphatic carbocycles. The number of tetrazole rings is 1. The van der Waals surface area contributed by atoms with Crippen molar-refractivity contribution >= 4 is 23.6 Å². The first kappa shape index (κ1) is 20.9. The average molecular weight is 391 g/mol. The number of para-hydroxylation sites is 1. The second kappa shape index (κ2) is 9.50. The highest BCUT2D eigenvalue weighted by atomic mass is 32.2. The molecule has 0 radical (unpaired) electrons. The molecule has 1 aromatic carbocycles. The number of thioether (sulfide) groups is 1. The van der Waals surface area contributed by atoms with Crippen LogP contribution in [-0.2, 0) is 14.3 Å². The van der Waals surface area contributed by atoms with Gasteiger partial charge in [-0.1, -0.05) is 50.2 Å². The van der Waals surface area contributed by atoms with Gasteiger partial charge in [-0.25, -0.2) is 4.79 Å². The van der Waals surface area contributed by atoms with Crippen LogP contribution in [0.3, 0.4) is 0 Å². The maximum atomic E-state index is 12.4. The zero-order valence-corrected chi connectivity index (χ0v) is 17.0. The van der Waals surface area contributed by atoms with Crippen LogP contribution in [-0.4, -0.2) is 51.0 Å². The van der Waals surface area contributed by atoms with Crippen LogP contribution in [0, 0.1) is 19.8 Å². The average Bonchev–Trinajstić information content (AvgIpc) is 3.11. The third kappa shape index (κ3) is 5.06. The number of carbonyl (C=O) groups is 2. The zero-order chi connectivity index (χ0) is 20.0. The molecule has 1 N–H and O–H groups in total. The third-order valence-corrected chi connectivity index (χ3v) is 5.33. The molecular formula is C18H25N5O3S. The van der Waals surface area contributed by atoms with Gasteiger partial charge in [0, 0.05) is 0 Å². The van der Waals surface area contributed by atoms with Gasteiger partial charge in [0.2, 0.25) is 11.1 Å². The number of methoxy groups -OCH3 is 1. The monoisotopic (exact) mass is 391 g/mol. The minimum absolute atomic E-state index is 0.0219. The fraction of sp³-hybridized carbons (Fsp3) is 0.500. The fourth-order valence-corrected chi connectivity index (χ4v) is 3.38. The van der Waals surface area contributed by atoms with Crippen LogP contribution in [0.5, 0.6) is 0 Å². The number of ether oxygens (including phenoxy) is 1. The number of benzene rings is 1. The summed E-state index contributed by atoms with van der Waals surface area (Å²) in [5.41, 5.74) is 2.98. The predicted octanol–water partition coefficient (Wildman–Crippen LogP) is 2.08. The van der Waals surface area contributed by atoms with Crippen LogP contribution in [0.25, 0.3) is 5.69 Å². The van der Waals surface area contributed by atoms with E-state index in [0.29, 0.717) is 5.16 Å². The van der Waals surface area contributed by atoms with Gasteiger partial charge < -0.3 is 10.1 Å². The first-order valence-corrected chi connectivity index (χ1v) is 9.72. The Morgan fingerprint density at radius 1 is 1.30 bits per heavy atom. The highest BCUT2D eigenvalue weighted by Crippen LogP contribution is 2.23. The van der Waals surface area contributed by atoms with E-state index in [9.17, 15) is 9.59 Å². The van der Waals surface area contributed by atoms with Crippen molar-refractivity contribution in [3.63, 3.8) is 0 Å². The molecule has 1 aromatic heterocycles. The van der Waals surface area contributed by atoms with E-state index in [1.54, 1.807) is 4.68 Å². The Morgan fingerprint density at radius 3 is 2.56 bits per heavy atom. The lowest BCUT2D eigenvalue weighted by Crippen LogP contribution is -2.46. The summed E-state index contributed by atoms with van der Waals surface area (Å²) in [4.78, 5) is 24.3. The summed E-state index contributed by atoms with van der Waals surface area (Å²) >= 11 is 1.22. The molecule has 0 saturated heterocycles. The Kier molecular flexibility index (Phi) is 7.35. The minimum atomic E-state index is -0.664. The molecule has 0 aliphatic heterocycles. The molecular weight excluding hydrogens is 366 g/mol. The predicted molar refractivity (Wildman–Crippen MR) is 103 cm³/mol. The summed E-state index contributed by atoms with van der Waals surface area (Å²) in [6, 6.07) is 5.28. The van der Waals surface area contributed by atoms with Gasteiger partial charge in [-0.05, 0) is 41.3 Å². The third-order valence-electron chi connectivity index (χ3n) is 4.41. The van der Waals surface area contributed by atoms with Crippen LogP contribution in [0.15, 0.2) is 23.4 Å². The Bertz CT molecular complexity index is 788. The summed E-state index contributed by atoms with van der Waals surface area (Å²) in [5.74, 6) is -0.643. The smallest absolute Gasteiger partial charge is 0.328 e. The minimum Gasteiger partial charge on any atom is -0.467 e. The van der Waals surface area contributed by atoms with E-state index in [1.165, 1.54) is 18.9 Å². The molecule has 0 saturated carbocycles. The number of aryl methyl sites for hydroxylation is 2. The fourth-order valence-electron chi connectivity index (χ4n) is 2.69. The number of aromatic nitrogens is 4. The molecule has 146 valence electrons. The van der Waals surface area contributed by atoms with Gasteiger partial charge in [-0.15, -0.1) is 5.10 Å². The van der Waals surface area contributed by atoms with Crippen molar-refractivity contribution in [3.8, 4) is 5.69 Å². The molecule has 0 fully saturated rings. The van der Waals surface area contributed by atoms with Crippen LogP contribution in [0.2, 0.25) is 0 Å². The number of esters is 1. The van der Waals surface area contributed by atoms with Gasteiger partial charge in [-0.2, -0.15) is 4.68 Å². The summed E-state index contributed by atoms with van der Waals surface area (Å²) < 4.78 is 6.43. The number of amides is 1. The summed E-state index contributed by atoms with van der Waals surface area (Å²) in [5, 5.41) is 15.1. The van der Waals surface area contributed by atoms with Crippen molar-refractivity contribution in [2.75, 3.05) is 12.9 Å². The van der Waals surface area contributed by atoms with Crippen molar-refractivity contribution in [2.24, 2.45) is 5.92 Å². The molecule has 0 bridgehead atoms. The van der Waals surface area contributed by atoms with Crippen LogP contribution in [0.4, 0.5) is 0 Å². The number of carbonyl (C=O) groups excluding carboxylic acids is 2. The van der Waals surface area contributed by atoms with Crippen molar-refractivity contribution in [1.29, 1.82) is 0 Å².